The summed E-state index contributed by atoms with van der Waals surface area (Å²) in [6, 6.07) is 0.240. The third-order valence-electron chi connectivity index (χ3n) is 6.43. The van der Waals surface area contributed by atoms with Gasteiger partial charge in [-0.3, -0.25) is 14.4 Å². The van der Waals surface area contributed by atoms with E-state index in [1.54, 1.807) is 23.0 Å². The molecule has 186 valence electrons. The molecule has 0 aromatic carbocycles. The topological polar surface area (TPSA) is 72.3 Å². The largest absolute Gasteiger partial charge is 0.464 e. The number of rotatable bonds is 9. The number of carbonyl (C=O) groups is 1. The van der Waals surface area contributed by atoms with Gasteiger partial charge in [0, 0.05) is 55.8 Å². The maximum atomic E-state index is 13.0. The molecule has 1 saturated carbocycles. The Morgan fingerprint density at radius 1 is 1.35 bits per heavy atom. The molecule has 0 unspecified atom stereocenters. The molecule has 0 saturated heterocycles. The smallest absolute Gasteiger partial charge is 0.278 e. The lowest BCUT2D eigenvalue weighted by molar-refractivity contribution is -0.117. The minimum atomic E-state index is -2.85. The van der Waals surface area contributed by atoms with Crippen LogP contribution in [0.4, 0.5) is 8.78 Å². The molecule has 2 aliphatic rings. The van der Waals surface area contributed by atoms with Crippen molar-refractivity contribution in [3.8, 4) is 5.19 Å². The van der Waals surface area contributed by atoms with Crippen LogP contribution in [0.5, 0.6) is 5.19 Å². The van der Waals surface area contributed by atoms with Crippen LogP contribution in [0.1, 0.15) is 55.2 Å². The summed E-state index contributed by atoms with van der Waals surface area (Å²) in [6.07, 6.45) is 13.3. The Morgan fingerprint density at radius 2 is 2.15 bits per heavy atom. The molecule has 0 spiro atoms. The average molecular weight is 494 g/mol. The molecule has 2 aromatic rings. The first kappa shape index (κ1) is 24.8. The second kappa shape index (κ2) is 10.9. The quantitative estimate of drug-likeness (QED) is 0.534. The third-order valence-corrected chi connectivity index (χ3v) is 7.50. The molecule has 0 radical (unpaired) electrons. The van der Waals surface area contributed by atoms with Crippen LogP contribution in [-0.4, -0.2) is 57.2 Å². The Hall–Kier alpha value is -2.33. The van der Waals surface area contributed by atoms with E-state index in [2.05, 4.69) is 20.3 Å². The SMILES string of the molecule is Cn1cc(/C=C/C(=O)NC2CCC(CCN3CCc4sc(OCC(C)(F)F)nc4C3)CC2)cn1. The number of nitrogens with zero attached hydrogens (tertiary/aromatic N) is 4. The van der Waals surface area contributed by atoms with Gasteiger partial charge in [-0.05, 0) is 57.1 Å². The van der Waals surface area contributed by atoms with Gasteiger partial charge in [-0.1, -0.05) is 11.3 Å². The van der Waals surface area contributed by atoms with E-state index in [4.69, 9.17) is 4.74 Å². The van der Waals surface area contributed by atoms with Crippen LogP contribution >= 0.6 is 11.3 Å². The van der Waals surface area contributed by atoms with Crippen LogP contribution in [0, 0.1) is 5.92 Å². The van der Waals surface area contributed by atoms with Gasteiger partial charge in [-0.2, -0.15) is 5.10 Å². The number of halogens is 2. The number of amides is 1. The second-order valence-electron chi connectivity index (χ2n) is 9.53. The normalized spacial score (nSPS) is 21.5. The van der Waals surface area contributed by atoms with Gasteiger partial charge in [-0.25, -0.2) is 13.8 Å². The van der Waals surface area contributed by atoms with Crippen LogP contribution < -0.4 is 10.1 Å². The molecule has 1 amide bonds. The fourth-order valence-corrected chi connectivity index (χ4v) is 5.48. The van der Waals surface area contributed by atoms with E-state index in [1.807, 2.05) is 13.2 Å². The monoisotopic (exact) mass is 493 g/mol. The van der Waals surface area contributed by atoms with Crippen LogP contribution in [0.25, 0.3) is 6.08 Å². The molecule has 10 heteroatoms. The molecule has 1 N–H and O–H groups in total. The number of aromatic nitrogens is 3. The number of fused-ring (bicyclic) bond motifs is 1. The van der Waals surface area contributed by atoms with Crippen LogP contribution in [0.3, 0.4) is 0 Å². The fraction of sp³-hybridized carbons (Fsp3) is 0.625. The van der Waals surface area contributed by atoms with Gasteiger partial charge >= 0.3 is 0 Å². The predicted octanol–water partition coefficient (Wildman–Crippen LogP) is 4.05. The highest BCUT2D eigenvalue weighted by Crippen LogP contribution is 2.32. The third kappa shape index (κ3) is 7.33. The predicted molar refractivity (Wildman–Crippen MR) is 128 cm³/mol. The number of thiazole rings is 1. The highest BCUT2D eigenvalue weighted by atomic mass is 32.1. The van der Waals surface area contributed by atoms with Crippen molar-refractivity contribution in [2.45, 2.75) is 64.0 Å². The van der Waals surface area contributed by atoms with E-state index in [9.17, 15) is 13.6 Å². The lowest BCUT2D eigenvalue weighted by atomic mass is 9.84. The summed E-state index contributed by atoms with van der Waals surface area (Å²) in [5.41, 5.74) is 1.88. The lowest BCUT2D eigenvalue weighted by Crippen LogP contribution is -2.37. The maximum Gasteiger partial charge on any atom is 0.278 e. The average Bonchev–Trinajstić information content (AvgIpc) is 3.40. The van der Waals surface area contributed by atoms with Crippen LogP contribution in [0.2, 0.25) is 0 Å². The van der Waals surface area contributed by atoms with Gasteiger partial charge in [0.25, 0.3) is 11.1 Å². The number of ether oxygens (including phenoxy) is 1. The Kier molecular flexibility index (Phi) is 7.98. The van der Waals surface area contributed by atoms with Crippen LogP contribution in [0.15, 0.2) is 18.5 Å². The summed E-state index contributed by atoms with van der Waals surface area (Å²) in [5, 5.41) is 7.57. The molecule has 1 aliphatic carbocycles. The number of carbonyl (C=O) groups excluding carboxylic acids is 1. The number of hydrogen-bond donors (Lipinski definition) is 1. The number of nitrogens with one attached hydrogen (secondary N) is 1. The highest BCUT2D eigenvalue weighted by Gasteiger charge is 2.27. The molecule has 0 atom stereocenters. The molecule has 2 aromatic heterocycles. The summed E-state index contributed by atoms with van der Waals surface area (Å²) in [4.78, 5) is 20.2. The first-order valence-corrected chi connectivity index (χ1v) is 12.7. The zero-order valence-electron chi connectivity index (χ0n) is 19.8. The second-order valence-corrected chi connectivity index (χ2v) is 10.6. The number of aryl methyl sites for hydroxylation is 1. The van der Waals surface area contributed by atoms with Crippen molar-refractivity contribution >= 4 is 23.3 Å². The highest BCUT2D eigenvalue weighted by molar-refractivity contribution is 7.13. The molecule has 7 nitrogen and oxygen atoms in total. The van der Waals surface area contributed by atoms with Crippen molar-refractivity contribution in [2.75, 3.05) is 19.7 Å². The van der Waals surface area contributed by atoms with E-state index in [0.717, 1.165) is 81.2 Å². The van der Waals surface area contributed by atoms with E-state index in [1.165, 1.54) is 11.3 Å². The van der Waals surface area contributed by atoms with Gasteiger partial charge in [0.2, 0.25) is 5.91 Å². The molecule has 0 bridgehead atoms. The van der Waals surface area contributed by atoms with Gasteiger partial charge < -0.3 is 10.1 Å². The van der Waals surface area contributed by atoms with Crippen molar-refractivity contribution in [2.24, 2.45) is 13.0 Å². The van der Waals surface area contributed by atoms with Gasteiger partial charge in [0.05, 0.1) is 11.9 Å². The van der Waals surface area contributed by atoms with Gasteiger partial charge in [-0.15, -0.1) is 0 Å². The summed E-state index contributed by atoms with van der Waals surface area (Å²) in [6.45, 7) is 2.95. The summed E-state index contributed by atoms with van der Waals surface area (Å²) in [7, 11) is 1.85. The Labute approximate surface area is 203 Å². The molecule has 1 aliphatic heterocycles. The molecule has 4 rings (SSSR count). The lowest BCUT2D eigenvalue weighted by Gasteiger charge is -2.31. The molecular weight excluding hydrogens is 460 g/mol. The standard InChI is InChI=1S/C24H33F2N5O2S/c1-24(25,26)16-33-23-29-20-15-31(12-10-21(20)34-23)11-9-17-3-6-19(7-4-17)28-22(32)8-5-18-13-27-30(2)14-18/h5,8,13-14,17,19H,3-4,6-7,9-12,15-16H2,1-2H3,(H,28,32)/b8-5+. The van der Waals surface area contributed by atoms with Crippen molar-refractivity contribution in [1.29, 1.82) is 0 Å². The maximum absolute atomic E-state index is 13.0. The molecular formula is C24H33F2N5O2S. The summed E-state index contributed by atoms with van der Waals surface area (Å²) < 4.78 is 33.0. The zero-order chi connectivity index (χ0) is 24.1. The van der Waals surface area contributed by atoms with E-state index >= 15 is 0 Å². The Morgan fingerprint density at radius 3 is 2.85 bits per heavy atom. The molecule has 1 fully saturated rings. The summed E-state index contributed by atoms with van der Waals surface area (Å²) in [5.74, 6) is -2.23. The van der Waals surface area contributed by atoms with Crippen molar-refractivity contribution in [3.63, 3.8) is 0 Å². The minimum absolute atomic E-state index is 0.0503. The molecule has 34 heavy (non-hydrogen) atoms. The summed E-state index contributed by atoms with van der Waals surface area (Å²) >= 11 is 1.40. The minimum Gasteiger partial charge on any atom is -0.464 e. The Balaban J connectivity index is 1.15. The Bertz CT molecular complexity index is 992. The van der Waals surface area contributed by atoms with E-state index < -0.39 is 12.5 Å². The number of alkyl halides is 2. The van der Waals surface area contributed by atoms with Crippen molar-refractivity contribution in [1.82, 2.24) is 25.0 Å². The number of hydrogen-bond acceptors (Lipinski definition) is 6. The first-order chi connectivity index (χ1) is 16.2. The van der Waals surface area contributed by atoms with E-state index in [0.29, 0.717) is 11.1 Å². The zero-order valence-corrected chi connectivity index (χ0v) is 20.6. The fourth-order valence-electron chi connectivity index (χ4n) is 4.58. The van der Waals surface area contributed by atoms with Gasteiger partial charge in [0.15, 0.2) is 6.61 Å². The first-order valence-electron chi connectivity index (χ1n) is 11.9. The van der Waals surface area contributed by atoms with Crippen molar-refractivity contribution < 1.29 is 18.3 Å². The van der Waals surface area contributed by atoms with Crippen molar-refractivity contribution in [3.05, 3.63) is 34.6 Å². The van der Waals surface area contributed by atoms with Gasteiger partial charge in [0.1, 0.15) is 0 Å². The molecule has 3 heterocycles. The van der Waals surface area contributed by atoms with Crippen LogP contribution in [-0.2, 0) is 24.8 Å². The van der Waals surface area contributed by atoms with E-state index in [-0.39, 0.29) is 11.9 Å².